The van der Waals surface area contributed by atoms with E-state index < -0.39 is 6.10 Å². The molecule has 2 rings (SSSR count). The fraction of sp³-hybridized carbons (Fsp3) is 0.357. The van der Waals surface area contributed by atoms with Crippen LogP contribution in [0.1, 0.15) is 11.1 Å². The molecule has 1 aromatic heterocycles. The van der Waals surface area contributed by atoms with Crippen LogP contribution in [0.4, 0.5) is 0 Å². The monoisotopic (exact) mass is 245 g/mol. The van der Waals surface area contributed by atoms with Crippen LogP contribution in [0, 0.1) is 6.92 Å². The molecule has 1 heterocycles. The van der Waals surface area contributed by atoms with Crippen molar-refractivity contribution in [3.05, 3.63) is 53.9 Å². The summed E-state index contributed by atoms with van der Waals surface area (Å²) >= 11 is 0. The summed E-state index contributed by atoms with van der Waals surface area (Å²) in [4.78, 5) is 0. The van der Waals surface area contributed by atoms with Crippen molar-refractivity contribution in [1.82, 2.24) is 15.1 Å². The van der Waals surface area contributed by atoms with Crippen LogP contribution in [0.25, 0.3) is 0 Å². The molecule has 0 amide bonds. The Balaban J connectivity index is 1.70. The number of benzene rings is 1. The Labute approximate surface area is 107 Å². The van der Waals surface area contributed by atoms with E-state index in [0.29, 0.717) is 13.1 Å². The van der Waals surface area contributed by atoms with Crippen LogP contribution in [-0.2, 0) is 13.1 Å². The van der Waals surface area contributed by atoms with Crippen LogP contribution in [0.2, 0.25) is 0 Å². The van der Waals surface area contributed by atoms with E-state index in [2.05, 4.69) is 41.6 Å². The maximum Gasteiger partial charge on any atom is 0.0860 e. The lowest BCUT2D eigenvalue weighted by Gasteiger charge is -2.12. The first kappa shape index (κ1) is 12.8. The predicted octanol–water partition coefficient (Wildman–Crippen LogP) is 1.34. The topological polar surface area (TPSA) is 50.1 Å². The number of aliphatic hydroxyl groups is 1. The average Bonchev–Trinajstić information content (AvgIpc) is 2.84. The van der Waals surface area contributed by atoms with Gasteiger partial charge in [-0.3, -0.25) is 4.68 Å². The van der Waals surface area contributed by atoms with Crippen LogP contribution in [0.3, 0.4) is 0 Å². The molecule has 0 spiro atoms. The molecule has 96 valence electrons. The molecular formula is C14H19N3O. The quantitative estimate of drug-likeness (QED) is 0.807. The lowest BCUT2D eigenvalue weighted by Crippen LogP contribution is -2.30. The third-order valence-electron chi connectivity index (χ3n) is 2.79. The summed E-state index contributed by atoms with van der Waals surface area (Å²) in [7, 11) is 0. The zero-order chi connectivity index (χ0) is 12.8. The highest BCUT2D eigenvalue weighted by Gasteiger charge is 2.04. The van der Waals surface area contributed by atoms with Gasteiger partial charge in [0.15, 0.2) is 0 Å². The molecule has 0 saturated heterocycles. The molecule has 18 heavy (non-hydrogen) atoms. The molecule has 2 N–H and O–H groups in total. The van der Waals surface area contributed by atoms with E-state index in [-0.39, 0.29) is 0 Å². The van der Waals surface area contributed by atoms with E-state index in [4.69, 9.17) is 0 Å². The third-order valence-corrected chi connectivity index (χ3v) is 2.79. The molecule has 0 fully saturated rings. The first-order valence-corrected chi connectivity index (χ1v) is 6.16. The Morgan fingerprint density at radius 2 is 2.11 bits per heavy atom. The number of aromatic nitrogens is 2. The molecule has 0 radical (unpaired) electrons. The minimum absolute atomic E-state index is 0.421. The molecule has 1 aromatic carbocycles. The minimum atomic E-state index is -0.421. The Morgan fingerprint density at radius 3 is 2.78 bits per heavy atom. The van der Waals surface area contributed by atoms with Crippen molar-refractivity contribution in [3.8, 4) is 0 Å². The number of nitrogens with zero attached hydrogens (tertiary/aromatic N) is 2. The largest absolute Gasteiger partial charge is 0.390 e. The van der Waals surface area contributed by atoms with Gasteiger partial charge in [-0.25, -0.2) is 0 Å². The predicted molar refractivity (Wildman–Crippen MR) is 71.1 cm³/mol. The molecule has 1 atom stereocenters. The van der Waals surface area contributed by atoms with Gasteiger partial charge in [0.1, 0.15) is 0 Å². The van der Waals surface area contributed by atoms with Crippen molar-refractivity contribution in [3.63, 3.8) is 0 Å². The molecule has 0 bridgehead atoms. The number of aliphatic hydroxyl groups excluding tert-OH is 1. The van der Waals surface area contributed by atoms with Crippen molar-refractivity contribution >= 4 is 0 Å². The van der Waals surface area contributed by atoms with E-state index in [1.54, 1.807) is 10.9 Å². The highest BCUT2D eigenvalue weighted by atomic mass is 16.3. The Hall–Kier alpha value is -1.65. The van der Waals surface area contributed by atoms with Crippen LogP contribution in [0.15, 0.2) is 42.7 Å². The summed E-state index contributed by atoms with van der Waals surface area (Å²) < 4.78 is 1.73. The molecule has 1 unspecified atom stereocenters. The number of hydrogen-bond donors (Lipinski definition) is 2. The fourth-order valence-electron chi connectivity index (χ4n) is 1.78. The molecule has 4 heteroatoms. The smallest absolute Gasteiger partial charge is 0.0860 e. The van der Waals surface area contributed by atoms with Crippen LogP contribution in [0.5, 0.6) is 0 Å². The second-order valence-electron chi connectivity index (χ2n) is 4.50. The van der Waals surface area contributed by atoms with Gasteiger partial charge in [-0.15, -0.1) is 0 Å². The van der Waals surface area contributed by atoms with Gasteiger partial charge < -0.3 is 10.4 Å². The normalized spacial score (nSPS) is 12.6. The van der Waals surface area contributed by atoms with E-state index in [1.165, 1.54) is 11.1 Å². The van der Waals surface area contributed by atoms with Crippen molar-refractivity contribution < 1.29 is 5.11 Å². The maximum absolute atomic E-state index is 9.82. The van der Waals surface area contributed by atoms with Crippen LogP contribution < -0.4 is 5.32 Å². The maximum atomic E-state index is 9.82. The van der Waals surface area contributed by atoms with Gasteiger partial charge in [0.25, 0.3) is 0 Å². The van der Waals surface area contributed by atoms with Crippen molar-refractivity contribution in [1.29, 1.82) is 0 Å². The van der Waals surface area contributed by atoms with Crippen LogP contribution >= 0.6 is 0 Å². The summed E-state index contributed by atoms with van der Waals surface area (Å²) in [6.07, 6.45) is 3.14. The molecule has 4 nitrogen and oxygen atoms in total. The van der Waals surface area contributed by atoms with Crippen LogP contribution in [-0.4, -0.2) is 27.5 Å². The van der Waals surface area contributed by atoms with E-state index in [0.717, 1.165) is 6.54 Å². The Kier molecular flexibility index (Phi) is 4.50. The van der Waals surface area contributed by atoms with Gasteiger partial charge in [0.2, 0.25) is 0 Å². The summed E-state index contributed by atoms with van der Waals surface area (Å²) in [6.45, 7) is 3.93. The Morgan fingerprint density at radius 1 is 1.33 bits per heavy atom. The summed E-state index contributed by atoms with van der Waals surface area (Å²) in [5.41, 5.74) is 2.49. The first-order chi connectivity index (χ1) is 8.74. The lowest BCUT2D eigenvalue weighted by molar-refractivity contribution is 0.146. The first-order valence-electron chi connectivity index (χ1n) is 6.16. The standard InChI is InChI=1S/C14H19N3O/c1-12-3-5-13(6-4-12)9-15-10-14(18)11-17-8-2-7-16-17/h2-8,14-15,18H,9-11H2,1H3. The van der Waals surface area contributed by atoms with E-state index in [9.17, 15) is 5.11 Å². The molecule has 0 aliphatic carbocycles. The van der Waals surface area contributed by atoms with Gasteiger partial charge in [0.05, 0.1) is 12.6 Å². The highest BCUT2D eigenvalue weighted by Crippen LogP contribution is 2.02. The molecule has 0 aliphatic heterocycles. The fourth-order valence-corrected chi connectivity index (χ4v) is 1.78. The van der Waals surface area contributed by atoms with Gasteiger partial charge in [-0.05, 0) is 18.6 Å². The molecule has 2 aromatic rings. The molecule has 0 aliphatic rings. The van der Waals surface area contributed by atoms with E-state index >= 15 is 0 Å². The van der Waals surface area contributed by atoms with Gasteiger partial charge >= 0.3 is 0 Å². The summed E-state index contributed by atoms with van der Waals surface area (Å²) in [5.74, 6) is 0. The second kappa shape index (κ2) is 6.33. The minimum Gasteiger partial charge on any atom is -0.390 e. The Bertz CT molecular complexity index is 450. The summed E-state index contributed by atoms with van der Waals surface area (Å²) in [6, 6.07) is 10.2. The number of rotatable bonds is 6. The number of aryl methyl sites for hydroxylation is 1. The molecular weight excluding hydrogens is 226 g/mol. The van der Waals surface area contributed by atoms with Crippen molar-refractivity contribution in [2.45, 2.75) is 26.1 Å². The SMILES string of the molecule is Cc1ccc(CNCC(O)Cn2cccn2)cc1. The zero-order valence-corrected chi connectivity index (χ0v) is 10.6. The third kappa shape index (κ3) is 3.98. The van der Waals surface area contributed by atoms with Gasteiger partial charge in [-0.1, -0.05) is 29.8 Å². The van der Waals surface area contributed by atoms with Crippen molar-refractivity contribution in [2.75, 3.05) is 6.54 Å². The van der Waals surface area contributed by atoms with E-state index in [1.807, 2.05) is 12.3 Å². The molecule has 0 saturated carbocycles. The number of nitrogens with one attached hydrogen (secondary N) is 1. The highest BCUT2D eigenvalue weighted by molar-refractivity contribution is 5.21. The van der Waals surface area contributed by atoms with Crippen molar-refractivity contribution in [2.24, 2.45) is 0 Å². The zero-order valence-electron chi connectivity index (χ0n) is 10.6. The summed E-state index contributed by atoms with van der Waals surface area (Å²) in [5, 5.41) is 17.1. The lowest BCUT2D eigenvalue weighted by atomic mass is 10.1. The van der Waals surface area contributed by atoms with Gasteiger partial charge in [-0.2, -0.15) is 5.10 Å². The number of hydrogen-bond acceptors (Lipinski definition) is 3. The average molecular weight is 245 g/mol. The second-order valence-corrected chi connectivity index (χ2v) is 4.50. The van der Waals surface area contributed by atoms with Gasteiger partial charge in [0, 0.05) is 25.5 Å².